The predicted molar refractivity (Wildman–Crippen MR) is 86.7 cm³/mol. The summed E-state index contributed by atoms with van der Waals surface area (Å²) in [6.45, 7) is 6.00. The van der Waals surface area contributed by atoms with Gasteiger partial charge in [-0.05, 0) is 18.1 Å². The highest BCUT2D eigenvalue weighted by Crippen LogP contribution is 2.27. The number of nitrogens with zero attached hydrogens (tertiary/aromatic N) is 2. The van der Waals surface area contributed by atoms with E-state index in [4.69, 9.17) is 0 Å². The topological polar surface area (TPSA) is 56.7 Å². The fraction of sp³-hybridized carbons (Fsp3) is 0.500. The molecular weight excluding hydrogens is 264 g/mol. The molecule has 0 radical (unpaired) electrons. The van der Waals surface area contributed by atoms with E-state index in [0.29, 0.717) is 13.1 Å². The van der Waals surface area contributed by atoms with Crippen LogP contribution in [0.25, 0.3) is 0 Å². The third-order valence-electron chi connectivity index (χ3n) is 3.59. The van der Waals surface area contributed by atoms with Crippen molar-refractivity contribution in [2.75, 3.05) is 31.6 Å². The molecule has 0 aromatic heterocycles. The largest absolute Gasteiger partial charge is 0.354 e. The summed E-state index contributed by atoms with van der Waals surface area (Å²) in [4.78, 5) is 18.0. The third kappa shape index (κ3) is 3.74. The minimum Gasteiger partial charge on any atom is -0.354 e. The molecule has 114 valence electrons. The molecule has 2 N–H and O–H groups in total. The SMILES string of the molecule is CN=C(NCCNC(=O)C(C)C)N1CCc2ccccc21. The molecule has 1 heterocycles. The highest BCUT2D eigenvalue weighted by Gasteiger charge is 2.22. The summed E-state index contributed by atoms with van der Waals surface area (Å²) < 4.78 is 0. The first-order valence-corrected chi connectivity index (χ1v) is 7.47. The number of carbonyl (C=O) groups excluding carboxylic acids is 1. The number of fused-ring (bicyclic) bond motifs is 1. The maximum atomic E-state index is 11.5. The normalized spacial score (nSPS) is 14.3. The number of rotatable bonds is 4. The van der Waals surface area contributed by atoms with Gasteiger partial charge in [-0.25, -0.2) is 0 Å². The summed E-state index contributed by atoms with van der Waals surface area (Å²) in [5.74, 6) is 0.965. The Morgan fingerprint density at radius 2 is 2.00 bits per heavy atom. The van der Waals surface area contributed by atoms with Crippen molar-refractivity contribution < 1.29 is 4.79 Å². The lowest BCUT2D eigenvalue weighted by molar-refractivity contribution is -0.123. The molecule has 0 unspecified atom stereocenters. The number of hydrogen-bond acceptors (Lipinski definition) is 2. The lowest BCUT2D eigenvalue weighted by Crippen LogP contribution is -2.44. The first-order valence-electron chi connectivity index (χ1n) is 7.47. The van der Waals surface area contributed by atoms with E-state index in [1.54, 1.807) is 7.05 Å². The second kappa shape index (κ2) is 7.11. The van der Waals surface area contributed by atoms with Gasteiger partial charge in [-0.1, -0.05) is 32.0 Å². The summed E-state index contributed by atoms with van der Waals surface area (Å²) in [7, 11) is 1.79. The summed E-state index contributed by atoms with van der Waals surface area (Å²) in [6, 6.07) is 8.40. The van der Waals surface area contributed by atoms with Gasteiger partial charge in [0.25, 0.3) is 0 Å². The number of guanidine groups is 1. The van der Waals surface area contributed by atoms with Crippen LogP contribution in [0.5, 0.6) is 0 Å². The number of carbonyl (C=O) groups is 1. The minimum absolute atomic E-state index is 0.0229. The van der Waals surface area contributed by atoms with Crippen LogP contribution in [0.4, 0.5) is 5.69 Å². The Morgan fingerprint density at radius 1 is 1.29 bits per heavy atom. The molecule has 0 spiro atoms. The standard InChI is InChI=1S/C16H24N4O/c1-12(2)15(21)18-9-10-19-16(17-3)20-11-8-13-6-4-5-7-14(13)20/h4-7,12H,8-11H2,1-3H3,(H,17,19)(H,18,21). The molecule has 0 saturated heterocycles. The molecule has 1 aromatic carbocycles. The van der Waals surface area contributed by atoms with Gasteiger partial charge in [0.1, 0.15) is 0 Å². The van der Waals surface area contributed by atoms with Crippen molar-refractivity contribution in [2.24, 2.45) is 10.9 Å². The first kappa shape index (κ1) is 15.4. The van der Waals surface area contributed by atoms with Crippen molar-refractivity contribution in [1.82, 2.24) is 10.6 Å². The van der Waals surface area contributed by atoms with Crippen LogP contribution in [-0.4, -0.2) is 38.5 Å². The van der Waals surface area contributed by atoms with Gasteiger partial charge >= 0.3 is 0 Å². The molecular formula is C16H24N4O. The van der Waals surface area contributed by atoms with Crippen LogP contribution in [-0.2, 0) is 11.2 Å². The van der Waals surface area contributed by atoms with Gasteiger partial charge < -0.3 is 15.5 Å². The number of amides is 1. The average molecular weight is 288 g/mol. The maximum Gasteiger partial charge on any atom is 0.222 e. The van der Waals surface area contributed by atoms with Gasteiger partial charge in [0.05, 0.1) is 0 Å². The zero-order chi connectivity index (χ0) is 15.2. The van der Waals surface area contributed by atoms with E-state index < -0.39 is 0 Å². The quantitative estimate of drug-likeness (QED) is 0.500. The highest BCUT2D eigenvalue weighted by molar-refractivity contribution is 5.97. The monoisotopic (exact) mass is 288 g/mol. The number of hydrogen-bond donors (Lipinski definition) is 2. The van der Waals surface area contributed by atoms with Gasteiger partial charge in [-0.15, -0.1) is 0 Å². The number of benzene rings is 1. The number of aliphatic imine (C=N–C) groups is 1. The zero-order valence-corrected chi connectivity index (χ0v) is 13.0. The van der Waals surface area contributed by atoms with Crippen LogP contribution in [0, 0.1) is 5.92 Å². The zero-order valence-electron chi connectivity index (χ0n) is 13.0. The maximum absolute atomic E-state index is 11.5. The van der Waals surface area contributed by atoms with E-state index >= 15 is 0 Å². The fourth-order valence-corrected chi connectivity index (χ4v) is 2.42. The van der Waals surface area contributed by atoms with Gasteiger partial charge in [0.2, 0.25) is 5.91 Å². The second-order valence-electron chi connectivity index (χ2n) is 5.45. The Balaban J connectivity index is 1.87. The summed E-state index contributed by atoms with van der Waals surface area (Å²) >= 11 is 0. The van der Waals surface area contributed by atoms with Crippen molar-refractivity contribution in [3.8, 4) is 0 Å². The summed E-state index contributed by atoms with van der Waals surface area (Å²) in [5, 5.41) is 6.20. The lowest BCUT2D eigenvalue weighted by Gasteiger charge is -2.22. The molecule has 0 fully saturated rings. The Hall–Kier alpha value is -2.04. The molecule has 1 amide bonds. The predicted octanol–water partition coefficient (Wildman–Crippen LogP) is 1.40. The number of nitrogens with one attached hydrogen (secondary N) is 2. The van der Waals surface area contributed by atoms with Gasteiger partial charge in [0.15, 0.2) is 5.96 Å². The van der Waals surface area contributed by atoms with E-state index in [-0.39, 0.29) is 11.8 Å². The molecule has 1 aliphatic heterocycles. The Morgan fingerprint density at radius 3 is 2.71 bits per heavy atom. The molecule has 0 saturated carbocycles. The van der Waals surface area contributed by atoms with Crippen LogP contribution in [0.1, 0.15) is 19.4 Å². The molecule has 1 aliphatic rings. The number of anilines is 1. The van der Waals surface area contributed by atoms with E-state index in [0.717, 1.165) is 18.9 Å². The molecule has 5 heteroatoms. The van der Waals surface area contributed by atoms with Crippen molar-refractivity contribution in [3.05, 3.63) is 29.8 Å². The molecule has 5 nitrogen and oxygen atoms in total. The van der Waals surface area contributed by atoms with Crippen molar-refractivity contribution >= 4 is 17.6 Å². The van der Waals surface area contributed by atoms with Crippen molar-refractivity contribution in [1.29, 1.82) is 0 Å². The molecule has 0 bridgehead atoms. The van der Waals surface area contributed by atoms with Crippen LogP contribution < -0.4 is 15.5 Å². The van der Waals surface area contributed by atoms with Crippen LogP contribution in [0.15, 0.2) is 29.3 Å². The van der Waals surface area contributed by atoms with Crippen LogP contribution in [0.3, 0.4) is 0 Å². The van der Waals surface area contributed by atoms with Crippen molar-refractivity contribution in [2.45, 2.75) is 20.3 Å². The average Bonchev–Trinajstić information content (AvgIpc) is 2.91. The fourth-order valence-electron chi connectivity index (χ4n) is 2.42. The smallest absolute Gasteiger partial charge is 0.222 e. The highest BCUT2D eigenvalue weighted by atomic mass is 16.1. The van der Waals surface area contributed by atoms with E-state index in [9.17, 15) is 4.79 Å². The van der Waals surface area contributed by atoms with Crippen LogP contribution >= 0.6 is 0 Å². The molecule has 0 atom stereocenters. The summed E-state index contributed by atoms with van der Waals surface area (Å²) in [6.07, 6.45) is 1.04. The molecule has 1 aromatic rings. The molecule has 2 rings (SSSR count). The van der Waals surface area contributed by atoms with E-state index in [1.807, 2.05) is 19.9 Å². The lowest BCUT2D eigenvalue weighted by atomic mass is 10.2. The Kier molecular flexibility index (Phi) is 5.20. The Labute approximate surface area is 126 Å². The van der Waals surface area contributed by atoms with Gasteiger partial charge in [-0.2, -0.15) is 0 Å². The molecule has 0 aliphatic carbocycles. The van der Waals surface area contributed by atoms with Crippen LogP contribution in [0.2, 0.25) is 0 Å². The van der Waals surface area contributed by atoms with Gasteiger partial charge in [-0.3, -0.25) is 9.79 Å². The molecule has 21 heavy (non-hydrogen) atoms. The Bertz CT molecular complexity index is 525. The number of para-hydroxylation sites is 1. The summed E-state index contributed by atoms with van der Waals surface area (Å²) in [5.41, 5.74) is 2.57. The van der Waals surface area contributed by atoms with E-state index in [1.165, 1.54) is 11.3 Å². The third-order valence-corrected chi connectivity index (χ3v) is 3.59. The van der Waals surface area contributed by atoms with Gasteiger partial charge in [0, 0.05) is 38.3 Å². The van der Waals surface area contributed by atoms with Crippen molar-refractivity contribution in [3.63, 3.8) is 0 Å². The second-order valence-corrected chi connectivity index (χ2v) is 5.45. The van der Waals surface area contributed by atoms with E-state index in [2.05, 4.69) is 38.7 Å². The minimum atomic E-state index is 0.0229. The first-order chi connectivity index (χ1) is 10.1.